The molecule has 2 rings (SSSR count). The molecule has 0 bridgehead atoms. The Kier molecular flexibility index (Phi) is 6.33. The van der Waals surface area contributed by atoms with E-state index in [1.165, 1.54) is 0 Å². The van der Waals surface area contributed by atoms with Crippen molar-refractivity contribution in [1.82, 2.24) is 10.2 Å². The molecule has 7 heteroatoms. The normalized spacial score (nSPS) is 18.4. The van der Waals surface area contributed by atoms with E-state index in [4.69, 9.17) is 4.43 Å². The second kappa shape index (κ2) is 7.88. The molecular formula is C17H27F3N2OSi. The fourth-order valence-corrected chi connectivity index (χ4v) is 3.81. The third-order valence-corrected chi connectivity index (χ3v) is 4.83. The molecule has 1 aromatic rings. The number of halogens is 3. The second-order valence-corrected chi connectivity index (χ2v) is 11.7. The van der Waals surface area contributed by atoms with Gasteiger partial charge in [0.05, 0.1) is 0 Å². The lowest BCUT2D eigenvalue weighted by molar-refractivity contribution is -0.138. The van der Waals surface area contributed by atoms with Crippen molar-refractivity contribution in [3.05, 3.63) is 29.8 Å². The van der Waals surface area contributed by atoms with Gasteiger partial charge in [-0.1, -0.05) is 12.1 Å². The van der Waals surface area contributed by atoms with Gasteiger partial charge in [-0.3, -0.25) is 4.90 Å². The molecule has 3 nitrogen and oxygen atoms in total. The number of nitrogens with zero attached hydrogens (tertiary/aromatic N) is 1. The quantitative estimate of drug-likeness (QED) is 0.770. The average molecular weight is 360 g/mol. The standard InChI is InChI=1S/C17H27F3N2OSi/c1-24(2,3)23-15-6-4-14(5-7-15)16(8-9-17(18,19)20)22-12-10-21-11-13-22/h4-7,16,21H,8-13H2,1-3H3/t16-/m1/s1. The Balaban J connectivity index is 2.12. The Bertz CT molecular complexity index is 508. The molecule has 0 unspecified atom stereocenters. The van der Waals surface area contributed by atoms with Crippen molar-refractivity contribution >= 4 is 8.32 Å². The fraction of sp³-hybridized carbons (Fsp3) is 0.647. The van der Waals surface area contributed by atoms with Crippen LogP contribution >= 0.6 is 0 Å². The van der Waals surface area contributed by atoms with Crippen molar-refractivity contribution in [2.24, 2.45) is 0 Å². The minimum absolute atomic E-state index is 0.0950. The summed E-state index contributed by atoms with van der Waals surface area (Å²) in [5, 5.41) is 3.25. The van der Waals surface area contributed by atoms with Gasteiger partial charge in [0.2, 0.25) is 8.32 Å². The van der Waals surface area contributed by atoms with E-state index in [-0.39, 0.29) is 12.5 Å². The number of nitrogens with one attached hydrogen (secondary N) is 1. The van der Waals surface area contributed by atoms with Gasteiger partial charge in [-0.25, -0.2) is 0 Å². The van der Waals surface area contributed by atoms with Crippen LogP contribution in [0.2, 0.25) is 19.6 Å². The Hall–Kier alpha value is -1.05. The Morgan fingerprint density at radius 2 is 1.71 bits per heavy atom. The van der Waals surface area contributed by atoms with Crippen LogP contribution in [-0.2, 0) is 0 Å². The minimum atomic E-state index is -4.12. The number of piperazine rings is 1. The van der Waals surface area contributed by atoms with Crippen molar-refractivity contribution in [3.63, 3.8) is 0 Å². The zero-order valence-corrected chi connectivity index (χ0v) is 15.6. The molecule has 1 aliphatic heterocycles. The summed E-state index contributed by atoms with van der Waals surface area (Å²) in [6.45, 7) is 9.50. The van der Waals surface area contributed by atoms with Crippen molar-refractivity contribution < 1.29 is 17.6 Å². The van der Waals surface area contributed by atoms with Gasteiger partial charge >= 0.3 is 6.18 Å². The lowest BCUT2D eigenvalue weighted by Crippen LogP contribution is -2.45. The molecule has 0 amide bonds. The molecule has 136 valence electrons. The zero-order valence-electron chi connectivity index (χ0n) is 14.6. The molecule has 0 saturated carbocycles. The zero-order chi connectivity index (χ0) is 17.8. The summed E-state index contributed by atoms with van der Waals surface area (Å²) in [7, 11) is -1.68. The molecule has 1 N–H and O–H groups in total. The molecule has 0 aromatic heterocycles. The Labute approximate surface area is 143 Å². The number of benzene rings is 1. The van der Waals surface area contributed by atoms with Gasteiger partial charge in [0, 0.05) is 38.6 Å². The maximum atomic E-state index is 12.7. The molecule has 0 radical (unpaired) electrons. The van der Waals surface area contributed by atoms with Gasteiger partial charge in [0.25, 0.3) is 0 Å². The van der Waals surface area contributed by atoms with Crippen LogP contribution in [0, 0.1) is 0 Å². The van der Waals surface area contributed by atoms with Gasteiger partial charge in [-0.05, 0) is 43.8 Å². The molecule has 24 heavy (non-hydrogen) atoms. The summed E-state index contributed by atoms with van der Waals surface area (Å²) in [5.41, 5.74) is 0.934. The summed E-state index contributed by atoms with van der Waals surface area (Å²) < 4.78 is 44.0. The lowest BCUT2D eigenvalue weighted by atomic mass is 9.99. The van der Waals surface area contributed by atoms with E-state index < -0.39 is 20.9 Å². The maximum Gasteiger partial charge on any atom is 0.389 e. The molecule has 1 atom stereocenters. The summed E-state index contributed by atoms with van der Waals surface area (Å²) in [6.07, 6.45) is -4.78. The SMILES string of the molecule is C[Si](C)(C)Oc1ccc([C@@H](CCC(F)(F)F)N2CCNCC2)cc1. The van der Waals surface area contributed by atoms with E-state index in [0.717, 1.165) is 37.5 Å². The van der Waals surface area contributed by atoms with Gasteiger partial charge in [0.1, 0.15) is 5.75 Å². The van der Waals surface area contributed by atoms with Crippen molar-refractivity contribution in [2.75, 3.05) is 26.2 Å². The molecule has 1 aromatic carbocycles. The van der Waals surface area contributed by atoms with Crippen molar-refractivity contribution in [1.29, 1.82) is 0 Å². The van der Waals surface area contributed by atoms with E-state index in [2.05, 4.69) is 29.9 Å². The van der Waals surface area contributed by atoms with Crippen LogP contribution in [0.5, 0.6) is 5.75 Å². The van der Waals surface area contributed by atoms with Crippen LogP contribution in [-0.4, -0.2) is 45.6 Å². The summed E-state index contributed by atoms with van der Waals surface area (Å²) in [6, 6.07) is 7.40. The van der Waals surface area contributed by atoms with Gasteiger partial charge in [0.15, 0.2) is 0 Å². The third kappa shape index (κ3) is 6.45. The highest BCUT2D eigenvalue weighted by Crippen LogP contribution is 2.32. The monoisotopic (exact) mass is 360 g/mol. The minimum Gasteiger partial charge on any atom is -0.544 e. The van der Waals surface area contributed by atoms with Crippen molar-refractivity contribution in [2.45, 2.75) is 44.7 Å². The first-order chi connectivity index (χ1) is 11.1. The van der Waals surface area contributed by atoms with E-state index in [0.29, 0.717) is 0 Å². The van der Waals surface area contributed by atoms with E-state index in [1.807, 2.05) is 24.3 Å². The van der Waals surface area contributed by atoms with Gasteiger partial charge in [-0.2, -0.15) is 13.2 Å². The Morgan fingerprint density at radius 1 is 1.12 bits per heavy atom. The largest absolute Gasteiger partial charge is 0.544 e. The highest BCUT2D eigenvalue weighted by atomic mass is 28.4. The van der Waals surface area contributed by atoms with Crippen LogP contribution in [0.3, 0.4) is 0 Å². The number of alkyl halides is 3. The Morgan fingerprint density at radius 3 is 2.21 bits per heavy atom. The first-order valence-electron chi connectivity index (χ1n) is 8.44. The molecule has 1 aliphatic rings. The maximum absolute atomic E-state index is 12.7. The molecule has 1 heterocycles. The summed E-state index contributed by atoms with van der Waals surface area (Å²) in [5.74, 6) is 0.799. The predicted octanol–water partition coefficient (Wildman–Crippen LogP) is 4.19. The first kappa shape index (κ1) is 19.3. The molecule has 0 aliphatic carbocycles. The van der Waals surface area contributed by atoms with Crippen LogP contribution in [0.1, 0.15) is 24.4 Å². The molecule has 1 saturated heterocycles. The fourth-order valence-electron chi connectivity index (χ4n) is 2.97. The second-order valence-electron chi connectivity index (χ2n) is 7.24. The smallest absolute Gasteiger partial charge is 0.389 e. The number of rotatable bonds is 6. The summed E-state index contributed by atoms with van der Waals surface area (Å²) >= 11 is 0. The molecule has 1 fully saturated rings. The van der Waals surface area contributed by atoms with Gasteiger partial charge in [-0.15, -0.1) is 0 Å². The predicted molar refractivity (Wildman–Crippen MR) is 92.9 cm³/mol. The molecule has 0 spiro atoms. The van der Waals surface area contributed by atoms with Crippen LogP contribution in [0.25, 0.3) is 0 Å². The van der Waals surface area contributed by atoms with E-state index in [1.54, 1.807) is 0 Å². The average Bonchev–Trinajstić information content (AvgIpc) is 2.47. The highest BCUT2D eigenvalue weighted by Gasteiger charge is 2.31. The topological polar surface area (TPSA) is 24.5 Å². The third-order valence-electron chi connectivity index (χ3n) is 3.98. The first-order valence-corrected chi connectivity index (χ1v) is 11.9. The number of hydrogen-bond donors (Lipinski definition) is 1. The number of hydrogen-bond acceptors (Lipinski definition) is 3. The van der Waals surface area contributed by atoms with Crippen molar-refractivity contribution in [3.8, 4) is 5.75 Å². The molecular weight excluding hydrogens is 333 g/mol. The van der Waals surface area contributed by atoms with Crippen LogP contribution < -0.4 is 9.74 Å². The van der Waals surface area contributed by atoms with Crippen LogP contribution in [0.15, 0.2) is 24.3 Å². The van der Waals surface area contributed by atoms with Crippen LogP contribution in [0.4, 0.5) is 13.2 Å². The summed E-state index contributed by atoms with van der Waals surface area (Å²) in [4.78, 5) is 2.15. The lowest BCUT2D eigenvalue weighted by Gasteiger charge is -2.35. The van der Waals surface area contributed by atoms with Gasteiger partial charge < -0.3 is 9.74 Å². The highest BCUT2D eigenvalue weighted by molar-refractivity contribution is 6.70. The van der Waals surface area contributed by atoms with E-state index in [9.17, 15) is 13.2 Å². The van der Waals surface area contributed by atoms with E-state index >= 15 is 0 Å².